The van der Waals surface area contributed by atoms with Gasteiger partial charge in [-0.15, -0.1) is 0 Å². The quantitative estimate of drug-likeness (QED) is 0.00467. The molecule has 12 heterocycles. The van der Waals surface area contributed by atoms with Gasteiger partial charge < -0.3 is 133 Å². The van der Waals surface area contributed by atoms with Crippen LogP contribution < -0.4 is 222 Å². The van der Waals surface area contributed by atoms with Crippen molar-refractivity contribution < 1.29 is 299 Å². The summed E-state index contributed by atoms with van der Waals surface area (Å²) in [6, 6.07) is 5.63. The number of aromatic amines is 3. The van der Waals surface area contributed by atoms with Crippen molar-refractivity contribution in [3.05, 3.63) is 96.3 Å². The van der Waals surface area contributed by atoms with E-state index < -0.39 is 239 Å². The van der Waals surface area contributed by atoms with Gasteiger partial charge in [-0.25, -0.2) is 33.1 Å². The first-order valence-corrected chi connectivity index (χ1v) is 40.7. The molecule has 0 saturated carbocycles. The molecule has 0 aliphatic carbocycles. The van der Waals surface area contributed by atoms with Crippen LogP contribution in [0.4, 0.5) is 29.5 Å². The second kappa shape index (κ2) is 40.6. The normalized spacial score (nSPS) is 27.0. The number of hydrogen-bond acceptors (Lipinski definition) is 47. The summed E-state index contributed by atoms with van der Waals surface area (Å²) in [4.78, 5) is 157. The molecule has 0 amide bonds. The minimum absolute atomic E-state index is 0. The van der Waals surface area contributed by atoms with Crippen molar-refractivity contribution in [2.45, 2.75) is 125 Å². The molecule has 121 heavy (non-hydrogen) atoms. The van der Waals surface area contributed by atoms with E-state index in [4.69, 9.17) is 88.0 Å². The third-order valence-electron chi connectivity index (χ3n) is 18.1. The zero-order valence-electron chi connectivity index (χ0n) is 65.2. The number of ether oxygens (including phenoxy) is 8. The first-order valence-electron chi connectivity index (χ1n) is 33.4. The van der Waals surface area contributed by atoms with Gasteiger partial charge in [0, 0.05) is 26.2 Å². The number of nitrogens with one attached hydrogen (secondary N) is 3. The zero-order valence-corrected chi connectivity index (χ0v) is 79.7. The van der Waals surface area contributed by atoms with Crippen LogP contribution in [0.25, 0.3) is 44.7 Å². The Kier molecular flexibility index (Phi) is 34.5. The topological polar surface area (TPSA) is 805 Å². The van der Waals surface area contributed by atoms with E-state index in [0.29, 0.717) is 0 Å². The average molecular weight is 1850 g/mol. The number of phosphoric ester groups is 4. The van der Waals surface area contributed by atoms with Crippen LogP contribution in [0.3, 0.4) is 0 Å². The van der Waals surface area contributed by atoms with E-state index in [-0.39, 0.29) is 198 Å². The minimum atomic E-state index is -6.85. The maximum absolute atomic E-state index is 14.4. The van der Waals surface area contributed by atoms with Gasteiger partial charge in [-0.05, 0) is 11.5 Å². The number of nitrogens with two attached hydrogens (primary N) is 4. The van der Waals surface area contributed by atoms with Gasteiger partial charge in [0.2, 0.25) is 24.1 Å². The van der Waals surface area contributed by atoms with E-state index in [1.807, 2.05) is 0 Å². The smallest absolute Gasteiger partial charge is 0.856 e. The number of methoxy groups -OCH3 is 2. The number of para-hydroxylation sites is 1. The van der Waals surface area contributed by atoms with Gasteiger partial charge in [0.15, 0.2) is 64.0 Å². The Bertz CT molecular complexity index is 5700. The van der Waals surface area contributed by atoms with Crippen LogP contribution in [0.5, 0.6) is 5.88 Å². The van der Waals surface area contributed by atoms with E-state index in [1.54, 1.807) is 20.8 Å². The molecule has 14 N–H and O–H groups in total. The van der Waals surface area contributed by atoms with Gasteiger partial charge in [0.1, 0.15) is 80.0 Å². The molecule has 1 aromatic carbocycles. The van der Waals surface area contributed by atoms with Crippen molar-refractivity contribution in [2.24, 2.45) is 12.5 Å². The van der Waals surface area contributed by atoms with Crippen molar-refractivity contribution in [3.63, 3.8) is 0 Å². The van der Waals surface area contributed by atoms with Crippen LogP contribution in [-0.4, -0.2) is 214 Å². The van der Waals surface area contributed by atoms with Gasteiger partial charge in [-0.2, -0.15) is 15.0 Å². The Hall–Kier alpha value is -3.59. The molecule has 22 atom stereocenters. The summed E-state index contributed by atoms with van der Waals surface area (Å²) in [5, 5.41) is 59.0. The third kappa shape index (κ3) is 22.5. The molecule has 56 nitrogen and oxygen atoms in total. The number of fused-ring (bicyclic) bond motifs is 4. The minimum Gasteiger partial charge on any atom is -0.856 e. The largest absolute Gasteiger partial charge is 1.00 e. The molecule has 4 saturated heterocycles. The summed E-state index contributed by atoms with van der Waals surface area (Å²) in [6.45, 7) is -1.22. The average Bonchev–Trinajstić information content (AvgIpc) is 1.62. The van der Waals surface area contributed by atoms with E-state index in [9.17, 15) is 92.2 Å². The van der Waals surface area contributed by atoms with Crippen LogP contribution >= 0.6 is 39.1 Å². The van der Waals surface area contributed by atoms with Crippen molar-refractivity contribution in [1.29, 1.82) is 0 Å². The Morgan fingerprint density at radius 2 is 0.983 bits per heavy atom. The monoisotopic (exact) mass is 1850 g/mol. The molecule has 4 fully saturated rings. The van der Waals surface area contributed by atoms with Crippen molar-refractivity contribution in [2.75, 3.05) is 70.4 Å². The molecule has 8 aromatic heterocycles. The SMILES string of the molecule is COC1[C@@H](OP(=O)([O-])OC[C@H]2O[C@@H](n3cnc4c(=O)[nH]c(N)nc43)C(O)[C@H]2O)[C@@H](COP(=O)([O-])O[C@@H]2C(OC)[C@H](n3cnc4c(=O)[nH]c(N)nc43)O[C@@H]2COP(=O)([O-])OP(=O)([O-])OP(=O)([O-])OC[C@H]2O[C@@H]([n+]3cn(C)c4c([O-])nc(N)nc43)C(OCOC(c3ccccc3[N+](=O)[O-])C(C)(C)C)[C@H]2O)O[C@H]1n1cnc2c(=O)[nH]c(N)nc21.[Na+].[Na+].[Na+].[Na+].[Na+]. The van der Waals surface area contributed by atoms with Crippen molar-refractivity contribution >= 4 is 113 Å². The molecule has 10 unspecified atom stereocenters. The number of rotatable bonds is 32. The number of aryl methyl sites for hydroxylation is 1. The van der Waals surface area contributed by atoms with Gasteiger partial charge in [0.05, 0.1) is 69.0 Å². The number of aromatic nitrogens is 16. The number of phosphoric acid groups is 5. The van der Waals surface area contributed by atoms with E-state index in [2.05, 4.69) is 63.4 Å². The number of hydrogen-bond donors (Lipinski definition) is 10. The third-order valence-corrected chi connectivity index (χ3v) is 24.2. The zero-order chi connectivity index (χ0) is 84.0. The Balaban J connectivity index is 0.00000364. The molecule has 0 radical (unpaired) electrons. The standard InChI is InChI=1S/C55H72N21O35P5.5Na/c1-55(2,3)38(20-9-7-8-10-21(20)76(84)85)99-19-98-35-31(78)23(105-48(35)75-18-71(4)29-42(75)66-54(59)70-46(29)83)12-102-114(90,91)110-116(94,95)111-115(92,93)103-14-25-34(37(97-6)50(107-25)74-17-62-28-41(74)65-53(58)69-45(28)82)109-113(88,89)101-13-24-33(36(96-5)49(106-24)73-16-61-27-40(73)64-52(57)68-44(27)81)108-112(86,87)100-11-22-30(77)32(79)47(104-22)72-15-60-26-39(72)63-51(56)67-43(26)80;;;;;/h7-10,15-18,22-25,30-38,47-50,77-79H,11-14,19H2,1-6H3,(H16-,56,57,58,59,63,64,65,66,67,68,69,70,80,81,82,83,86,87,88,89,90,91,92,93,94,95);;;;;/q;5*+1/p-5/t22-,23-,24-,25-,30+,31+,32?,33+,34+,35?,36?,37?,38?,47-,48-,49-,50-;;;;;/m1...../s1. The van der Waals surface area contributed by atoms with Gasteiger partial charge >= 0.3 is 153 Å². The summed E-state index contributed by atoms with van der Waals surface area (Å²) in [6.07, 6.45) is -27.3. The number of imidazole rings is 4. The Labute approximate surface area is 787 Å². The molecule has 0 bridgehead atoms. The fraction of sp³-hybridized carbons (Fsp3) is 0.527. The summed E-state index contributed by atoms with van der Waals surface area (Å²) in [7, 11) is -28.6. The number of benzene rings is 1. The number of nitro benzene ring substituents is 1. The van der Waals surface area contributed by atoms with Crippen LogP contribution in [0, 0.1) is 15.5 Å². The first kappa shape index (κ1) is 103. The van der Waals surface area contributed by atoms with Crippen molar-refractivity contribution in [3.8, 4) is 5.88 Å². The number of anilines is 4. The van der Waals surface area contributed by atoms with Crippen molar-refractivity contribution in [1.82, 2.24) is 73.1 Å². The van der Waals surface area contributed by atoms with Gasteiger partial charge in [-0.3, -0.25) is 80.5 Å². The predicted molar refractivity (Wildman–Crippen MR) is 365 cm³/mol. The van der Waals surface area contributed by atoms with Crippen LogP contribution in [0.1, 0.15) is 57.4 Å². The van der Waals surface area contributed by atoms with Crippen LogP contribution in [0.2, 0.25) is 0 Å². The number of nitro groups is 1. The fourth-order valence-electron chi connectivity index (χ4n) is 13.2. The molecule has 4 aliphatic rings. The second-order valence-corrected chi connectivity index (χ2v) is 34.1. The van der Waals surface area contributed by atoms with Crippen LogP contribution in [-0.2, 0) is 104 Å². The van der Waals surface area contributed by atoms with E-state index in [0.717, 1.165) is 51.5 Å². The predicted octanol–water partition coefficient (Wildman–Crippen LogP) is -21.0. The summed E-state index contributed by atoms with van der Waals surface area (Å²) >= 11 is 0. The second-order valence-electron chi connectivity index (χ2n) is 26.9. The summed E-state index contributed by atoms with van der Waals surface area (Å²) in [5.41, 5.74) is 17.1. The molecule has 632 valence electrons. The van der Waals surface area contributed by atoms with Gasteiger partial charge in [-0.1, -0.05) is 37.9 Å². The number of aliphatic hydroxyl groups excluding tert-OH is 3. The Morgan fingerprint density at radius 3 is 1.42 bits per heavy atom. The van der Waals surface area contributed by atoms with E-state index >= 15 is 0 Å². The van der Waals surface area contributed by atoms with Crippen LogP contribution in [0.15, 0.2) is 64.0 Å². The summed E-state index contributed by atoms with van der Waals surface area (Å²) in [5.74, 6) is -2.76. The number of nitrogens with zero attached hydrogens (tertiary/aromatic N) is 14. The molecule has 66 heteroatoms. The first-order chi connectivity index (χ1) is 54.5. The molecular weight excluding hydrogens is 1780 g/mol. The molecular formula is C55H67N21Na5O35P5. The maximum Gasteiger partial charge on any atom is 1.00 e. The fourth-order valence-corrected chi connectivity index (χ4v) is 18.5. The molecule has 9 aromatic rings. The maximum atomic E-state index is 14.4. The number of aliphatic hydroxyl groups is 3. The van der Waals surface area contributed by atoms with Gasteiger partial charge in [0.25, 0.3) is 67.4 Å². The molecule has 4 aliphatic heterocycles. The number of H-pyrrole nitrogens is 3. The number of nitrogen functional groups attached to an aromatic ring is 4. The van der Waals surface area contributed by atoms with E-state index in [1.165, 1.54) is 42.2 Å². The molecule has 0 spiro atoms. The Morgan fingerprint density at radius 1 is 0.570 bits per heavy atom. The summed E-state index contributed by atoms with van der Waals surface area (Å²) < 4.78 is 160. The molecule has 13 rings (SSSR count).